The Hall–Kier alpha value is -3.13. The third kappa shape index (κ3) is 6.95. The van der Waals surface area contributed by atoms with E-state index in [0.717, 1.165) is 24.5 Å². The van der Waals surface area contributed by atoms with Gasteiger partial charge in [-0.1, -0.05) is 55.9 Å². The topological polar surface area (TPSA) is 86.1 Å². The van der Waals surface area contributed by atoms with Crippen molar-refractivity contribution in [1.82, 2.24) is 14.8 Å². The van der Waals surface area contributed by atoms with E-state index in [1.807, 2.05) is 34.9 Å². The number of ether oxygens (including phenoxy) is 1. The Morgan fingerprint density at radius 3 is 2.59 bits per heavy atom. The number of Topliss-reactive ketones (excluding diaryl/α,β-unsaturated/α-hetero) is 1. The molecule has 1 amide bonds. The molecule has 0 aliphatic heterocycles. The molecule has 7 nitrogen and oxygen atoms in total. The van der Waals surface area contributed by atoms with Crippen molar-refractivity contribution in [3.05, 3.63) is 66.0 Å². The number of hydrogen-bond acceptors (Lipinski definition) is 6. The molecule has 0 fully saturated rings. The van der Waals surface area contributed by atoms with Crippen molar-refractivity contribution in [2.75, 3.05) is 11.1 Å². The first-order valence-corrected chi connectivity index (χ1v) is 11.5. The number of nitrogens with zero attached hydrogens (tertiary/aromatic N) is 3. The van der Waals surface area contributed by atoms with Gasteiger partial charge < -0.3 is 14.6 Å². The van der Waals surface area contributed by atoms with Gasteiger partial charge in [-0.25, -0.2) is 0 Å². The minimum Gasteiger partial charge on any atom is -0.486 e. The SMILES string of the molecule is CC(=O)c1cccc(NC(=O)CSc2nnc(COc3ccccc3)n2CCC(C)C)c1. The van der Waals surface area contributed by atoms with Crippen molar-refractivity contribution in [2.45, 2.75) is 45.5 Å². The molecule has 8 heteroatoms. The minimum absolute atomic E-state index is 0.0426. The molecule has 1 aromatic heterocycles. The summed E-state index contributed by atoms with van der Waals surface area (Å²) >= 11 is 1.33. The fourth-order valence-electron chi connectivity index (χ4n) is 2.95. The van der Waals surface area contributed by atoms with Crippen LogP contribution in [0.3, 0.4) is 0 Å². The average molecular weight is 453 g/mol. The van der Waals surface area contributed by atoms with E-state index in [4.69, 9.17) is 4.74 Å². The molecule has 1 N–H and O–H groups in total. The van der Waals surface area contributed by atoms with Gasteiger partial charge in [-0.15, -0.1) is 10.2 Å². The van der Waals surface area contributed by atoms with Gasteiger partial charge in [0.25, 0.3) is 0 Å². The smallest absolute Gasteiger partial charge is 0.234 e. The monoisotopic (exact) mass is 452 g/mol. The number of thioether (sulfide) groups is 1. The minimum atomic E-state index is -0.170. The Balaban J connectivity index is 1.64. The van der Waals surface area contributed by atoms with Gasteiger partial charge in [0.1, 0.15) is 12.4 Å². The number of nitrogens with one attached hydrogen (secondary N) is 1. The Bertz CT molecular complexity index is 1050. The van der Waals surface area contributed by atoms with Gasteiger partial charge in [0.15, 0.2) is 16.8 Å². The van der Waals surface area contributed by atoms with E-state index in [0.29, 0.717) is 28.9 Å². The highest BCUT2D eigenvalue weighted by molar-refractivity contribution is 7.99. The van der Waals surface area contributed by atoms with E-state index in [2.05, 4.69) is 29.4 Å². The van der Waals surface area contributed by atoms with Crippen LogP contribution in [-0.2, 0) is 17.9 Å². The van der Waals surface area contributed by atoms with Gasteiger partial charge in [0.05, 0.1) is 5.75 Å². The number of hydrogen-bond donors (Lipinski definition) is 1. The van der Waals surface area contributed by atoms with Crippen molar-refractivity contribution in [1.29, 1.82) is 0 Å². The summed E-state index contributed by atoms with van der Waals surface area (Å²) in [5.74, 6) is 1.99. The van der Waals surface area contributed by atoms with Crippen molar-refractivity contribution in [3.8, 4) is 5.75 Å². The molecule has 168 valence electrons. The highest BCUT2D eigenvalue weighted by Crippen LogP contribution is 2.21. The number of para-hydroxylation sites is 1. The predicted octanol–water partition coefficient (Wildman–Crippen LogP) is 4.84. The molecule has 0 spiro atoms. The molecule has 0 radical (unpaired) electrons. The summed E-state index contributed by atoms with van der Waals surface area (Å²) in [5, 5.41) is 12.1. The number of benzene rings is 2. The average Bonchev–Trinajstić information content (AvgIpc) is 3.17. The maximum Gasteiger partial charge on any atom is 0.234 e. The number of anilines is 1. The van der Waals surface area contributed by atoms with E-state index in [9.17, 15) is 9.59 Å². The van der Waals surface area contributed by atoms with Crippen LogP contribution < -0.4 is 10.1 Å². The molecule has 1 heterocycles. The fraction of sp³-hybridized carbons (Fsp3) is 0.333. The summed E-state index contributed by atoms with van der Waals surface area (Å²) in [5.41, 5.74) is 1.16. The van der Waals surface area contributed by atoms with E-state index >= 15 is 0 Å². The summed E-state index contributed by atoms with van der Waals surface area (Å²) in [6.45, 7) is 6.89. The van der Waals surface area contributed by atoms with E-state index in [1.165, 1.54) is 18.7 Å². The van der Waals surface area contributed by atoms with Crippen LogP contribution in [0.15, 0.2) is 59.8 Å². The molecular formula is C24H28N4O3S. The Morgan fingerprint density at radius 1 is 1.09 bits per heavy atom. The van der Waals surface area contributed by atoms with Gasteiger partial charge >= 0.3 is 0 Å². The molecule has 3 aromatic rings. The molecule has 3 rings (SSSR count). The molecule has 0 atom stereocenters. The normalized spacial score (nSPS) is 10.9. The highest BCUT2D eigenvalue weighted by atomic mass is 32.2. The lowest BCUT2D eigenvalue weighted by molar-refractivity contribution is -0.113. The lowest BCUT2D eigenvalue weighted by atomic mass is 10.1. The first kappa shape index (κ1) is 23.5. The van der Waals surface area contributed by atoms with Crippen molar-refractivity contribution in [2.24, 2.45) is 5.92 Å². The van der Waals surface area contributed by atoms with Crippen LogP contribution in [0.1, 0.15) is 43.4 Å². The molecule has 0 aliphatic carbocycles. The fourth-order valence-corrected chi connectivity index (χ4v) is 3.74. The van der Waals surface area contributed by atoms with Crippen molar-refractivity contribution >= 4 is 29.1 Å². The Kier molecular flexibility index (Phi) is 8.44. The lowest BCUT2D eigenvalue weighted by Crippen LogP contribution is -2.15. The number of ketones is 1. The maximum atomic E-state index is 12.5. The summed E-state index contributed by atoms with van der Waals surface area (Å²) in [4.78, 5) is 24.0. The number of aromatic nitrogens is 3. The van der Waals surface area contributed by atoms with Crippen LogP contribution in [-0.4, -0.2) is 32.2 Å². The first-order valence-electron chi connectivity index (χ1n) is 10.6. The van der Waals surface area contributed by atoms with Crippen LogP contribution in [0.4, 0.5) is 5.69 Å². The molecule has 0 unspecified atom stereocenters. The van der Waals surface area contributed by atoms with E-state index in [-0.39, 0.29) is 17.4 Å². The molecule has 0 saturated carbocycles. The maximum absolute atomic E-state index is 12.5. The van der Waals surface area contributed by atoms with Crippen molar-refractivity contribution < 1.29 is 14.3 Å². The quantitative estimate of drug-likeness (QED) is 0.331. The zero-order chi connectivity index (χ0) is 22.9. The standard InChI is InChI=1S/C24H28N4O3S/c1-17(2)12-13-28-22(15-31-21-10-5-4-6-11-21)26-27-24(28)32-16-23(30)25-20-9-7-8-19(14-20)18(3)29/h4-11,14,17H,12-13,15-16H2,1-3H3,(H,25,30). The van der Waals surface area contributed by atoms with Crippen molar-refractivity contribution in [3.63, 3.8) is 0 Å². The zero-order valence-corrected chi connectivity index (χ0v) is 19.4. The second-order valence-electron chi connectivity index (χ2n) is 7.81. The number of carbonyl (C=O) groups is 2. The molecule has 0 saturated heterocycles. The number of carbonyl (C=O) groups excluding carboxylic acids is 2. The molecule has 0 aliphatic rings. The van der Waals surface area contributed by atoms with Gasteiger partial charge in [-0.05, 0) is 43.5 Å². The first-order chi connectivity index (χ1) is 15.4. The second kappa shape index (κ2) is 11.5. The summed E-state index contributed by atoms with van der Waals surface area (Å²) in [6.07, 6.45) is 0.966. The Morgan fingerprint density at radius 2 is 1.88 bits per heavy atom. The third-order valence-corrected chi connectivity index (χ3v) is 5.69. The predicted molar refractivity (Wildman–Crippen MR) is 126 cm³/mol. The van der Waals surface area contributed by atoms with Crippen LogP contribution >= 0.6 is 11.8 Å². The third-order valence-electron chi connectivity index (χ3n) is 4.72. The van der Waals surface area contributed by atoms with Crippen LogP contribution in [0.25, 0.3) is 0 Å². The number of amides is 1. The highest BCUT2D eigenvalue weighted by Gasteiger charge is 2.15. The van der Waals surface area contributed by atoms with Gasteiger partial charge in [-0.2, -0.15) is 0 Å². The van der Waals surface area contributed by atoms with Crippen LogP contribution in [0, 0.1) is 5.92 Å². The second-order valence-corrected chi connectivity index (χ2v) is 8.75. The van der Waals surface area contributed by atoms with Crippen LogP contribution in [0.5, 0.6) is 5.75 Å². The summed E-state index contributed by atoms with van der Waals surface area (Å²) < 4.78 is 7.87. The van der Waals surface area contributed by atoms with E-state index < -0.39 is 0 Å². The zero-order valence-electron chi connectivity index (χ0n) is 18.6. The van der Waals surface area contributed by atoms with E-state index in [1.54, 1.807) is 24.3 Å². The lowest BCUT2D eigenvalue weighted by Gasteiger charge is -2.12. The van der Waals surface area contributed by atoms with Crippen LogP contribution in [0.2, 0.25) is 0 Å². The van der Waals surface area contributed by atoms with Gasteiger partial charge in [-0.3, -0.25) is 9.59 Å². The Labute approximate surface area is 192 Å². The summed E-state index contributed by atoms with van der Waals surface area (Å²) in [6, 6.07) is 16.5. The summed E-state index contributed by atoms with van der Waals surface area (Å²) in [7, 11) is 0. The van der Waals surface area contributed by atoms with Gasteiger partial charge in [0.2, 0.25) is 5.91 Å². The number of rotatable bonds is 11. The molecule has 0 bridgehead atoms. The largest absolute Gasteiger partial charge is 0.486 e. The molecule has 32 heavy (non-hydrogen) atoms. The molecule has 2 aromatic carbocycles. The van der Waals surface area contributed by atoms with Gasteiger partial charge in [0, 0.05) is 17.8 Å². The molecular weight excluding hydrogens is 424 g/mol.